The summed E-state index contributed by atoms with van der Waals surface area (Å²) in [5.74, 6) is -1.68. The molecule has 1 fully saturated rings. The highest BCUT2D eigenvalue weighted by Gasteiger charge is 2.35. The summed E-state index contributed by atoms with van der Waals surface area (Å²) in [5.41, 5.74) is 3.80. The van der Waals surface area contributed by atoms with Crippen molar-refractivity contribution in [2.75, 3.05) is 31.1 Å². The van der Waals surface area contributed by atoms with Crippen LogP contribution in [0.25, 0.3) is 0 Å². The maximum absolute atomic E-state index is 14.9. The lowest BCUT2D eigenvalue weighted by Gasteiger charge is -2.37. The summed E-state index contributed by atoms with van der Waals surface area (Å²) in [7, 11) is 0. The van der Waals surface area contributed by atoms with E-state index in [4.69, 9.17) is 5.73 Å². The molecule has 1 aromatic heterocycles. The van der Waals surface area contributed by atoms with E-state index in [0.717, 1.165) is 32.9 Å². The van der Waals surface area contributed by atoms with Crippen molar-refractivity contribution >= 4 is 11.4 Å². The largest absolute Gasteiger partial charge is 0.416 e. The second kappa shape index (κ2) is 13.5. The van der Waals surface area contributed by atoms with Crippen molar-refractivity contribution in [1.82, 2.24) is 14.0 Å². The van der Waals surface area contributed by atoms with Gasteiger partial charge in [-0.15, -0.1) is 0 Å². The zero-order valence-electron chi connectivity index (χ0n) is 25.2. The van der Waals surface area contributed by atoms with Gasteiger partial charge in [0.1, 0.15) is 17.3 Å². The number of halogens is 5. The number of benzene rings is 3. The van der Waals surface area contributed by atoms with Gasteiger partial charge in [-0.05, 0) is 42.3 Å². The van der Waals surface area contributed by atoms with Crippen molar-refractivity contribution in [2.45, 2.75) is 38.8 Å². The average Bonchev–Trinajstić information content (AvgIpc) is 3.02. The monoisotopic (exact) mass is 658 g/mol. The number of piperazine rings is 1. The number of nitro groups is 1. The van der Waals surface area contributed by atoms with Gasteiger partial charge >= 0.3 is 11.9 Å². The van der Waals surface area contributed by atoms with Crippen molar-refractivity contribution in [2.24, 2.45) is 5.73 Å². The number of aromatic nitrogens is 2. The number of nitrogens with two attached hydrogens (primary N) is 1. The zero-order chi connectivity index (χ0) is 34.0. The number of nitrogens with zero attached hydrogens (tertiary/aromatic N) is 5. The lowest BCUT2D eigenvalue weighted by atomic mass is 10.1. The third-order valence-electron chi connectivity index (χ3n) is 8.29. The molecule has 1 aliphatic rings. The van der Waals surface area contributed by atoms with Crippen molar-refractivity contribution in [3.63, 3.8) is 0 Å². The van der Waals surface area contributed by atoms with Crippen LogP contribution in [0.5, 0.6) is 0 Å². The van der Waals surface area contributed by atoms with Crippen molar-refractivity contribution in [3.8, 4) is 0 Å². The Kier molecular flexibility index (Phi) is 9.58. The van der Waals surface area contributed by atoms with Gasteiger partial charge in [-0.2, -0.15) is 13.2 Å². The van der Waals surface area contributed by atoms with E-state index in [0.29, 0.717) is 25.2 Å². The van der Waals surface area contributed by atoms with Gasteiger partial charge in [-0.3, -0.25) is 28.9 Å². The van der Waals surface area contributed by atoms with Crippen LogP contribution >= 0.6 is 0 Å². The fourth-order valence-corrected chi connectivity index (χ4v) is 5.81. The molecule has 2 N–H and O–H groups in total. The predicted molar refractivity (Wildman–Crippen MR) is 164 cm³/mol. The molecule has 5 rings (SSSR count). The highest BCUT2D eigenvalue weighted by molar-refractivity contribution is 5.50. The standard InChI is InChI=1S/C32H31F5N6O4/c1-20-29(40-14-12-39(13-15-40)17-21-4-2-5-24(16-21)43(46)47)30(44)42(19-28(38)22-8-10-23(33)11-9-22)31(45)41(20)18-25-26(32(35,36)37)6-3-7-27(25)34/h2-11,16,28H,12-15,17-19,38H2,1H3. The quantitative estimate of drug-likeness (QED) is 0.159. The first-order chi connectivity index (χ1) is 22.2. The SMILES string of the molecule is Cc1c(N2CCN(Cc3cccc([N+](=O)[O-])c3)CC2)c(=O)n(CC(N)c2ccc(F)cc2)c(=O)n1Cc1c(F)cccc1C(F)(F)F. The van der Waals surface area contributed by atoms with Crippen molar-refractivity contribution in [1.29, 1.82) is 0 Å². The molecule has 15 heteroatoms. The van der Waals surface area contributed by atoms with E-state index in [1.165, 1.54) is 43.3 Å². The van der Waals surface area contributed by atoms with Crippen LogP contribution in [-0.4, -0.2) is 45.1 Å². The van der Waals surface area contributed by atoms with Crippen LogP contribution in [0.15, 0.2) is 76.3 Å². The van der Waals surface area contributed by atoms with Crippen LogP contribution in [0.1, 0.15) is 34.0 Å². The first kappa shape index (κ1) is 33.5. The molecular formula is C32H31F5N6O4. The van der Waals surface area contributed by atoms with Crippen LogP contribution in [0, 0.1) is 28.7 Å². The zero-order valence-corrected chi connectivity index (χ0v) is 25.2. The molecule has 1 aliphatic heterocycles. The fraction of sp³-hybridized carbons (Fsp3) is 0.312. The lowest BCUT2D eigenvalue weighted by molar-refractivity contribution is -0.384. The lowest BCUT2D eigenvalue weighted by Crippen LogP contribution is -2.51. The first-order valence-electron chi connectivity index (χ1n) is 14.6. The van der Waals surface area contributed by atoms with Crippen LogP contribution in [0.3, 0.4) is 0 Å². The van der Waals surface area contributed by atoms with E-state index in [1.807, 2.05) is 4.90 Å². The molecule has 1 atom stereocenters. The third kappa shape index (κ3) is 7.25. The Morgan fingerprint density at radius 2 is 1.57 bits per heavy atom. The first-order valence-corrected chi connectivity index (χ1v) is 14.6. The number of nitro benzene ring substituents is 1. The van der Waals surface area contributed by atoms with E-state index in [-0.39, 0.29) is 36.7 Å². The fourth-order valence-electron chi connectivity index (χ4n) is 5.81. The summed E-state index contributed by atoms with van der Waals surface area (Å²) >= 11 is 0. The molecule has 2 heterocycles. The summed E-state index contributed by atoms with van der Waals surface area (Å²) in [6.07, 6.45) is -4.91. The van der Waals surface area contributed by atoms with Crippen molar-refractivity contribution < 1.29 is 26.9 Å². The smallest absolute Gasteiger partial charge is 0.363 e. The maximum atomic E-state index is 14.9. The van der Waals surface area contributed by atoms with Gasteiger partial charge in [0, 0.05) is 62.2 Å². The Morgan fingerprint density at radius 1 is 0.915 bits per heavy atom. The van der Waals surface area contributed by atoms with Gasteiger partial charge in [-0.25, -0.2) is 13.6 Å². The van der Waals surface area contributed by atoms with Crippen LogP contribution in [0.2, 0.25) is 0 Å². The van der Waals surface area contributed by atoms with Crippen LogP contribution < -0.4 is 21.9 Å². The Bertz CT molecular complexity index is 1900. The third-order valence-corrected chi connectivity index (χ3v) is 8.29. The number of non-ortho nitro benzene ring substituents is 1. The highest BCUT2D eigenvalue weighted by atomic mass is 19.4. The molecule has 1 unspecified atom stereocenters. The number of anilines is 1. The molecule has 47 heavy (non-hydrogen) atoms. The average molecular weight is 659 g/mol. The topological polar surface area (TPSA) is 120 Å². The summed E-state index contributed by atoms with van der Waals surface area (Å²) in [6.45, 7) is 2.03. The molecule has 10 nitrogen and oxygen atoms in total. The van der Waals surface area contributed by atoms with Crippen molar-refractivity contribution in [3.05, 3.63) is 137 Å². The van der Waals surface area contributed by atoms with Gasteiger partial charge < -0.3 is 10.6 Å². The summed E-state index contributed by atoms with van der Waals surface area (Å²) in [4.78, 5) is 42.2. The highest BCUT2D eigenvalue weighted by Crippen LogP contribution is 2.33. The summed E-state index contributed by atoms with van der Waals surface area (Å²) in [5, 5.41) is 11.2. The molecule has 1 saturated heterocycles. The summed E-state index contributed by atoms with van der Waals surface area (Å²) in [6, 6.07) is 12.9. The van der Waals surface area contributed by atoms with Gasteiger partial charge in [-0.1, -0.05) is 30.3 Å². The minimum Gasteiger partial charge on any atom is -0.363 e. The molecule has 0 bridgehead atoms. The van der Waals surface area contributed by atoms with Gasteiger partial charge in [0.25, 0.3) is 11.2 Å². The number of hydrogen-bond donors (Lipinski definition) is 1. The number of alkyl halides is 3. The Labute approximate surface area is 265 Å². The molecule has 248 valence electrons. The molecule has 0 aliphatic carbocycles. The van der Waals surface area contributed by atoms with Crippen LogP contribution in [0.4, 0.5) is 33.3 Å². The Balaban J connectivity index is 1.52. The molecule has 3 aromatic carbocycles. The number of rotatable bonds is 9. The second-order valence-electron chi connectivity index (χ2n) is 11.3. The maximum Gasteiger partial charge on any atom is 0.416 e. The molecule has 4 aromatic rings. The van der Waals surface area contributed by atoms with Gasteiger partial charge in [0.2, 0.25) is 0 Å². The molecule has 0 amide bonds. The number of hydrogen-bond acceptors (Lipinski definition) is 7. The van der Waals surface area contributed by atoms with Gasteiger partial charge in [0.15, 0.2) is 0 Å². The Morgan fingerprint density at radius 3 is 2.21 bits per heavy atom. The Hall–Kier alpha value is -4.89. The molecular weight excluding hydrogens is 627 g/mol. The summed E-state index contributed by atoms with van der Waals surface area (Å²) < 4.78 is 71.9. The van der Waals surface area contributed by atoms with E-state index in [1.54, 1.807) is 17.0 Å². The van der Waals surface area contributed by atoms with E-state index >= 15 is 0 Å². The minimum atomic E-state index is -4.91. The van der Waals surface area contributed by atoms with E-state index in [9.17, 15) is 41.7 Å². The van der Waals surface area contributed by atoms with E-state index in [2.05, 4.69) is 0 Å². The molecule has 0 spiro atoms. The molecule has 0 radical (unpaired) electrons. The normalized spacial score (nSPS) is 14.7. The molecule has 0 saturated carbocycles. The second-order valence-corrected chi connectivity index (χ2v) is 11.3. The van der Waals surface area contributed by atoms with Gasteiger partial charge in [0.05, 0.1) is 23.6 Å². The van der Waals surface area contributed by atoms with Crippen LogP contribution in [-0.2, 0) is 25.8 Å². The minimum absolute atomic E-state index is 0.0399. The predicted octanol–water partition coefficient (Wildman–Crippen LogP) is 4.59. The van der Waals surface area contributed by atoms with E-state index < -0.39 is 57.7 Å².